The zero-order valence-electron chi connectivity index (χ0n) is 7.47. The van der Waals surface area contributed by atoms with Crippen molar-refractivity contribution in [3.63, 3.8) is 0 Å². The molecule has 0 saturated carbocycles. The van der Waals surface area contributed by atoms with Crippen LogP contribution in [0.3, 0.4) is 0 Å². The summed E-state index contributed by atoms with van der Waals surface area (Å²) in [7, 11) is 0. The Labute approximate surface area is 80.8 Å². The lowest BCUT2D eigenvalue weighted by Gasteiger charge is -2.00. The predicted molar refractivity (Wildman–Crippen MR) is 44.8 cm³/mol. The van der Waals surface area contributed by atoms with E-state index in [0.717, 1.165) is 0 Å². The molecular weight excluding hydrogens is 184 g/mol. The van der Waals surface area contributed by atoms with Crippen molar-refractivity contribution >= 4 is 11.9 Å². The van der Waals surface area contributed by atoms with E-state index in [-0.39, 0.29) is 12.0 Å². The number of hydrogen-bond acceptors (Lipinski definition) is 3. The van der Waals surface area contributed by atoms with Gasteiger partial charge in [0, 0.05) is 6.07 Å². The molecule has 2 N–H and O–H groups in total. The van der Waals surface area contributed by atoms with E-state index in [9.17, 15) is 14.7 Å². The summed E-state index contributed by atoms with van der Waals surface area (Å²) in [5, 5.41) is 10.5. The summed E-state index contributed by atoms with van der Waals surface area (Å²) in [6.07, 6.45) is 3.24. The quantitative estimate of drug-likeness (QED) is 0.574. The van der Waals surface area contributed by atoms with Crippen molar-refractivity contribution in [3.8, 4) is 0 Å². The molecule has 0 unspecified atom stereocenters. The number of nitrogens with zero attached hydrogens (tertiary/aromatic N) is 1. The lowest BCUT2D eigenvalue weighted by atomic mass is 10.3. The van der Waals surface area contributed by atoms with Gasteiger partial charge in [-0.3, -0.25) is 4.79 Å². The van der Waals surface area contributed by atoms with E-state index in [1.54, 1.807) is 16.8 Å². The molecule has 0 radical (unpaired) electrons. The Bertz CT molecular complexity index is 363. The average Bonchev–Trinajstić information content (AvgIpc) is 2.15. The van der Waals surface area contributed by atoms with Gasteiger partial charge in [-0.1, -0.05) is 0 Å². The van der Waals surface area contributed by atoms with Crippen molar-refractivity contribution < 1.29 is 19.3 Å². The first-order chi connectivity index (χ1) is 6.59. The second kappa shape index (κ2) is 4.36. The maximum absolute atomic E-state index is 10.5. The highest BCUT2D eigenvalue weighted by Crippen LogP contribution is 1.91. The van der Waals surface area contributed by atoms with E-state index in [0.29, 0.717) is 6.54 Å². The van der Waals surface area contributed by atoms with Gasteiger partial charge in [-0.25, -0.2) is 4.57 Å². The molecule has 1 rings (SSSR count). The summed E-state index contributed by atoms with van der Waals surface area (Å²) in [5.74, 6) is -1.66. The van der Waals surface area contributed by atoms with Crippen LogP contribution in [0.5, 0.6) is 0 Å². The van der Waals surface area contributed by atoms with Crippen molar-refractivity contribution in [3.05, 3.63) is 30.1 Å². The van der Waals surface area contributed by atoms with Crippen molar-refractivity contribution in [1.82, 2.24) is 0 Å². The molecule has 0 spiro atoms. The van der Waals surface area contributed by atoms with E-state index in [4.69, 9.17) is 5.73 Å². The first-order valence-electron chi connectivity index (χ1n) is 4.08. The molecule has 1 aromatic rings. The molecule has 1 aromatic heterocycles. The van der Waals surface area contributed by atoms with Crippen molar-refractivity contribution in [2.75, 3.05) is 0 Å². The van der Waals surface area contributed by atoms with Crippen molar-refractivity contribution in [1.29, 1.82) is 0 Å². The predicted octanol–water partition coefficient (Wildman–Crippen LogP) is -1.79. The van der Waals surface area contributed by atoms with Crippen molar-refractivity contribution in [2.45, 2.75) is 13.0 Å². The largest absolute Gasteiger partial charge is 0.545 e. The van der Waals surface area contributed by atoms with Gasteiger partial charge in [0.1, 0.15) is 0 Å². The number of pyridine rings is 1. The smallest absolute Gasteiger partial charge is 0.223 e. The van der Waals surface area contributed by atoms with E-state index in [1.165, 1.54) is 12.3 Å². The van der Waals surface area contributed by atoms with Gasteiger partial charge >= 0.3 is 0 Å². The number of carboxylic acids is 1. The molecule has 14 heavy (non-hydrogen) atoms. The molecule has 0 aromatic carbocycles. The molecule has 0 atom stereocenters. The molecule has 5 nitrogen and oxygen atoms in total. The molecule has 5 heteroatoms. The number of carbonyl (C=O) groups is 2. The Morgan fingerprint density at radius 2 is 2.21 bits per heavy atom. The normalized spacial score (nSPS) is 9.71. The zero-order chi connectivity index (χ0) is 10.6. The fraction of sp³-hybridized carbons (Fsp3) is 0.222. The van der Waals surface area contributed by atoms with E-state index < -0.39 is 11.9 Å². The van der Waals surface area contributed by atoms with Gasteiger partial charge in [0.15, 0.2) is 18.9 Å². The van der Waals surface area contributed by atoms with E-state index in [2.05, 4.69) is 0 Å². The van der Waals surface area contributed by atoms with Gasteiger partial charge in [-0.2, -0.15) is 0 Å². The Morgan fingerprint density at radius 3 is 2.79 bits per heavy atom. The number of rotatable bonds is 4. The number of carboxylic acid groups (broad SMARTS) is 1. The molecule has 0 aliphatic heterocycles. The number of aryl methyl sites for hydroxylation is 1. The molecule has 0 aliphatic rings. The fourth-order valence-electron chi connectivity index (χ4n) is 1.02. The second-order valence-corrected chi connectivity index (χ2v) is 2.83. The Kier molecular flexibility index (Phi) is 3.17. The number of aromatic carboxylic acids is 1. The van der Waals surface area contributed by atoms with Crippen LogP contribution in [0.15, 0.2) is 24.5 Å². The highest BCUT2D eigenvalue weighted by molar-refractivity contribution is 5.84. The highest BCUT2D eigenvalue weighted by Gasteiger charge is 2.04. The number of nitrogens with two attached hydrogens (primary N) is 1. The van der Waals surface area contributed by atoms with Crippen LogP contribution in [0.1, 0.15) is 16.8 Å². The Morgan fingerprint density at radius 1 is 1.50 bits per heavy atom. The Balaban J connectivity index is 2.73. The van der Waals surface area contributed by atoms with Gasteiger partial charge in [0.25, 0.3) is 0 Å². The van der Waals surface area contributed by atoms with Gasteiger partial charge in [-0.05, 0) is 6.07 Å². The first kappa shape index (κ1) is 10.2. The maximum Gasteiger partial charge on any atom is 0.223 e. The van der Waals surface area contributed by atoms with Crippen LogP contribution in [0, 0.1) is 0 Å². The number of aromatic nitrogens is 1. The summed E-state index contributed by atoms with van der Waals surface area (Å²) in [6.45, 7) is 0.371. The Hall–Kier alpha value is -1.91. The van der Waals surface area contributed by atoms with Crippen LogP contribution in [-0.2, 0) is 11.3 Å². The first-order valence-corrected chi connectivity index (χ1v) is 4.08. The molecule has 0 aliphatic carbocycles. The molecule has 1 heterocycles. The summed E-state index contributed by atoms with van der Waals surface area (Å²) in [6, 6.07) is 3.00. The minimum atomic E-state index is -1.24. The van der Waals surface area contributed by atoms with Crippen LogP contribution in [-0.4, -0.2) is 11.9 Å². The van der Waals surface area contributed by atoms with Gasteiger partial charge in [0.05, 0.1) is 18.0 Å². The molecule has 1 amide bonds. The van der Waals surface area contributed by atoms with Gasteiger partial charge in [0.2, 0.25) is 5.91 Å². The summed E-state index contributed by atoms with van der Waals surface area (Å²) in [4.78, 5) is 20.9. The third-order valence-corrected chi connectivity index (χ3v) is 1.71. The van der Waals surface area contributed by atoms with Crippen LogP contribution in [0.2, 0.25) is 0 Å². The van der Waals surface area contributed by atoms with Crippen LogP contribution in [0.4, 0.5) is 0 Å². The molecular formula is C9H10N2O3. The number of primary amides is 1. The number of hydrogen-bond donors (Lipinski definition) is 1. The van der Waals surface area contributed by atoms with Crippen molar-refractivity contribution in [2.24, 2.45) is 5.73 Å². The zero-order valence-corrected chi connectivity index (χ0v) is 7.47. The monoisotopic (exact) mass is 194 g/mol. The fourth-order valence-corrected chi connectivity index (χ4v) is 1.02. The summed E-state index contributed by atoms with van der Waals surface area (Å²) < 4.78 is 1.58. The standard InChI is InChI=1S/C9H10N2O3/c10-8(12)3-5-11-4-1-2-7(6-11)9(13)14/h1-2,4,6H,3,5H2,(H2-,10,12,13,14). The lowest BCUT2D eigenvalue weighted by molar-refractivity contribution is -0.696. The van der Waals surface area contributed by atoms with E-state index in [1.807, 2.05) is 0 Å². The molecule has 0 saturated heterocycles. The third-order valence-electron chi connectivity index (χ3n) is 1.71. The summed E-state index contributed by atoms with van der Waals surface area (Å²) >= 11 is 0. The SMILES string of the molecule is NC(=O)CC[n+]1cccc(C(=O)[O-])c1. The second-order valence-electron chi connectivity index (χ2n) is 2.83. The topological polar surface area (TPSA) is 87.1 Å². The average molecular weight is 194 g/mol. The van der Waals surface area contributed by atoms with Gasteiger partial charge in [-0.15, -0.1) is 0 Å². The van der Waals surface area contributed by atoms with E-state index >= 15 is 0 Å². The minimum Gasteiger partial charge on any atom is -0.545 e. The number of amides is 1. The lowest BCUT2D eigenvalue weighted by Crippen LogP contribution is -2.37. The molecule has 0 fully saturated rings. The number of carbonyl (C=O) groups excluding carboxylic acids is 2. The van der Waals surface area contributed by atoms with Gasteiger partial charge < -0.3 is 15.6 Å². The van der Waals surface area contributed by atoms with Crippen LogP contribution < -0.4 is 15.4 Å². The van der Waals surface area contributed by atoms with Crippen LogP contribution in [0.25, 0.3) is 0 Å². The third kappa shape index (κ3) is 2.85. The molecule has 0 bridgehead atoms. The van der Waals surface area contributed by atoms with Crippen LogP contribution >= 0.6 is 0 Å². The molecule has 74 valence electrons. The maximum atomic E-state index is 10.5. The summed E-state index contributed by atoms with van der Waals surface area (Å²) in [5.41, 5.74) is 5.04. The highest BCUT2D eigenvalue weighted by atomic mass is 16.4. The minimum absolute atomic E-state index is 0.0805.